The molecule has 0 radical (unpaired) electrons. The van der Waals surface area contributed by atoms with E-state index in [0.29, 0.717) is 12.0 Å². The third-order valence-electron chi connectivity index (χ3n) is 3.79. The molecule has 1 heterocycles. The first-order valence-corrected chi connectivity index (χ1v) is 9.03. The number of methoxy groups -OCH3 is 1. The quantitative estimate of drug-likeness (QED) is 0.368. The Hall–Kier alpha value is -2.47. The van der Waals surface area contributed by atoms with Crippen LogP contribution in [0.25, 0.3) is 10.9 Å². The van der Waals surface area contributed by atoms with Crippen LogP contribution in [0.2, 0.25) is 0 Å². The molecule has 0 saturated heterocycles. The van der Waals surface area contributed by atoms with Crippen molar-refractivity contribution in [3.05, 3.63) is 58.9 Å². The predicted molar refractivity (Wildman–Crippen MR) is 101 cm³/mol. The zero-order chi connectivity index (χ0) is 17.6. The maximum Gasteiger partial charge on any atom is 0.261 e. The molecule has 0 bridgehead atoms. The zero-order valence-electron chi connectivity index (χ0n) is 14.3. The number of thioether (sulfide) groups is 1. The summed E-state index contributed by atoms with van der Waals surface area (Å²) in [6, 6.07) is 15.0. The molecule has 0 aliphatic carbocycles. The van der Waals surface area contributed by atoms with Gasteiger partial charge in [-0.3, -0.25) is 9.36 Å². The molecule has 2 aromatic carbocycles. The molecule has 130 valence electrons. The normalized spacial score (nSPS) is 10.8. The highest BCUT2D eigenvalue weighted by Crippen LogP contribution is 2.19. The number of para-hydroxylation sites is 1. The fraction of sp³-hybridized carbons (Fsp3) is 0.263. The molecule has 25 heavy (non-hydrogen) atoms. The van der Waals surface area contributed by atoms with E-state index in [4.69, 9.17) is 9.47 Å². The molecule has 3 rings (SSSR count). The monoisotopic (exact) mass is 356 g/mol. The largest absolute Gasteiger partial charge is 0.497 e. The van der Waals surface area contributed by atoms with Gasteiger partial charge in [-0.05, 0) is 42.8 Å². The van der Waals surface area contributed by atoms with E-state index >= 15 is 0 Å². The van der Waals surface area contributed by atoms with Crippen LogP contribution < -0.4 is 15.0 Å². The average molecular weight is 356 g/mol. The van der Waals surface area contributed by atoms with Crippen molar-refractivity contribution < 1.29 is 9.47 Å². The summed E-state index contributed by atoms with van der Waals surface area (Å²) >= 11 is 1.57. The lowest BCUT2D eigenvalue weighted by atomic mass is 10.2. The standard InChI is InChI=1S/C19H20N2O3S/c1-21-18(22)16-6-3-4-7-17(16)20-19(21)25-13-5-12-24-15-10-8-14(23-2)9-11-15/h3-4,6-11H,5,12-13H2,1-2H3. The molecule has 0 saturated carbocycles. The first-order chi connectivity index (χ1) is 12.2. The maximum absolute atomic E-state index is 12.3. The fourth-order valence-corrected chi connectivity index (χ4v) is 3.30. The Morgan fingerprint density at radius 3 is 2.56 bits per heavy atom. The van der Waals surface area contributed by atoms with Crippen LogP contribution in [0.15, 0.2) is 58.5 Å². The molecule has 3 aromatic rings. The highest BCUT2D eigenvalue weighted by Gasteiger charge is 2.08. The van der Waals surface area contributed by atoms with Crippen LogP contribution in [0.5, 0.6) is 11.5 Å². The summed E-state index contributed by atoms with van der Waals surface area (Å²) in [4.78, 5) is 16.9. The smallest absolute Gasteiger partial charge is 0.261 e. The summed E-state index contributed by atoms with van der Waals surface area (Å²) in [5.74, 6) is 2.46. The molecule has 0 atom stereocenters. The van der Waals surface area contributed by atoms with E-state index in [9.17, 15) is 4.79 Å². The van der Waals surface area contributed by atoms with Crippen molar-refractivity contribution in [3.8, 4) is 11.5 Å². The summed E-state index contributed by atoms with van der Waals surface area (Å²) in [6.45, 7) is 0.612. The van der Waals surface area contributed by atoms with Crippen molar-refractivity contribution in [2.24, 2.45) is 7.05 Å². The number of benzene rings is 2. The highest BCUT2D eigenvalue weighted by atomic mass is 32.2. The minimum absolute atomic E-state index is 0.0115. The van der Waals surface area contributed by atoms with Gasteiger partial charge in [0.1, 0.15) is 11.5 Å². The van der Waals surface area contributed by atoms with Crippen LogP contribution >= 0.6 is 11.8 Å². The molecular weight excluding hydrogens is 336 g/mol. The van der Waals surface area contributed by atoms with Gasteiger partial charge in [0, 0.05) is 12.8 Å². The summed E-state index contributed by atoms with van der Waals surface area (Å²) in [6.07, 6.45) is 0.861. The number of fused-ring (bicyclic) bond motifs is 1. The van der Waals surface area contributed by atoms with Crippen LogP contribution in [-0.4, -0.2) is 29.0 Å². The van der Waals surface area contributed by atoms with E-state index < -0.39 is 0 Å². The Bertz CT molecular complexity index is 907. The maximum atomic E-state index is 12.3. The van der Waals surface area contributed by atoms with Gasteiger partial charge in [0.05, 0.1) is 24.6 Å². The minimum Gasteiger partial charge on any atom is -0.497 e. The van der Waals surface area contributed by atoms with E-state index in [1.807, 2.05) is 48.5 Å². The van der Waals surface area contributed by atoms with Crippen molar-refractivity contribution >= 4 is 22.7 Å². The van der Waals surface area contributed by atoms with Gasteiger partial charge in [-0.2, -0.15) is 0 Å². The molecule has 0 aliphatic heterocycles. The summed E-state index contributed by atoms with van der Waals surface area (Å²) in [7, 11) is 3.40. The number of rotatable bonds is 7. The molecule has 1 aromatic heterocycles. The van der Waals surface area contributed by atoms with Gasteiger partial charge in [0.25, 0.3) is 5.56 Å². The van der Waals surface area contributed by atoms with Gasteiger partial charge in [0.2, 0.25) is 0 Å². The van der Waals surface area contributed by atoms with Crippen LogP contribution in [0.4, 0.5) is 0 Å². The van der Waals surface area contributed by atoms with E-state index in [1.165, 1.54) is 0 Å². The lowest BCUT2D eigenvalue weighted by Crippen LogP contribution is -2.20. The second-order valence-corrected chi connectivity index (χ2v) is 6.56. The first-order valence-electron chi connectivity index (χ1n) is 8.04. The van der Waals surface area contributed by atoms with Gasteiger partial charge < -0.3 is 9.47 Å². The Labute approximate surface area is 150 Å². The van der Waals surface area contributed by atoms with Crippen LogP contribution in [0.1, 0.15) is 6.42 Å². The highest BCUT2D eigenvalue weighted by molar-refractivity contribution is 7.99. The Morgan fingerprint density at radius 2 is 1.80 bits per heavy atom. The van der Waals surface area contributed by atoms with Gasteiger partial charge in [0.15, 0.2) is 5.16 Å². The number of nitrogens with zero attached hydrogens (tertiary/aromatic N) is 2. The minimum atomic E-state index is -0.0115. The van der Waals surface area contributed by atoms with Crippen LogP contribution in [0, 0.1) is 0 Å². The topological polar surface area (TPSA) is 53.4 Å². The summed E-state index contributed by atoms with van der Waals surface area (Å²) < 4.78 is 12.4. The third kappa shape index (κ3) is 4.14. The van der Waals surface area contributed by atoms with Crippen molar-refractivity contribution in [2.45, 2.75) is 11.6 Å². The zero-order valence-corrected chi connectivity index (χ0v) is 15.1. The molecule has 0 unspecified atom stereocenters. The van der Waals surface area contributed by atoms with Crippen molar-refractivity contribution in [1.82, 2.24) is 9.55 Å². The molecule has 0 N–H and O–H groups in total. The van der Waals surface area contributed by atoms with Gasteiger partial charge in [-0.25, -0.2) is 4.98 Å². The summed E-state index contributed by atoms with van der Waals surface area (Å²) in [5, 5.41) is 1.38. The van der Waals surface area contributed by atoms with Crippen molar-refractivity contribution in [2.75, 3.05) is 19.5 Å². The van der Waals surface area contributed by atoms with Crippen LogP contribution in [-0.2, 0) is 7.05 Å². The van der Waals surface area contributed by atoms with E-state index in [0.717, 1.165) is 34.3 Å². The Kier molecular flexibility index (Phi) is 5.60. The Balaban J connectivity index is 1.54. The molecule has 5 nitrogen and oxygen atoms in total. The van der Waals surface area contributed by atoms with E-state index in [-0.39, 0.29) is 5.56 Å². The average Bonchev–Trinajstić information content (AvgIpc) is 2.66. The predicted octanol–water partition coefficient (Wildman–Crippen LogP) is 3.50. The SMILES string of the molecule is COc1ccc(OCCCSc2nc3ccccc3c(=O)n2C)cc1. The number of ether oxygens (including phenoxy) is 2. The second kappa shape index (κ2) is 8.07. The molecule has 6 heteroatoms. The number of aromatic nitrogens is 2. The lowest BCUT2D eigenvalue weighted by molar-refractivity contribution is 0.318. The van der Waals surface area contributed by atoms with E-state index in [2.05, 4.69) is 4.98 Å². The third-order valence-corrected chi connectivity index (χ3v) is 4.91. The van der Waals surface area contributed by atoms with Crippen molar-refractivity contribution in [1.29, 1.82) is 0 Å². The van der Waals surface area contributed by atoms with Gasteiger partial charge >= 0.3 is 0 Å². The first kappa shape index (κ1) is 17.4. The van der Waals surface area contributed by atoms with Gasteiger partial charge in [-0.15, -0.1) is 0 Å². The number of hydrogen-bond donors (Lipinski definition) is 0. The fourth-order valence-electron chi connectivity index (χ4n) is 2.41. The molecule has 0 spiro atoms. The van der Waals surface area contributed by atoms with E-state index in [1.54, 1.807) is 30.5 Å². The summed E-state index contributed by atoms with van der Waals surface area (Å²) in [5.41, 5.74) is 0.727. The lowest BCUT2D eigenvalue weighted by Gasteiger charge is -2.09. The second-order valence-electron chi connectivity index (χ2n) is 5.50. The molecular formula is C19H20N2O3S. The molecule has 0 fully saturated rings. The van der Waals surface area contributed by atoms with Crippen LogP contribution in [0.3, 0.4) is 0 Å². The van der Waals surface area contributed by atoms with Gasteiger partial charge in [-0.1, -0.05) is 23.9 Å². The molecule has 0 aliphatic rings. The van der Waals surface area contributed by atoms with Crippen molar-refractivity contribution in [3.63, 3.8) is 0 Å². The number of hydrogen-bond acceptors (Lipinski definition) is 5. The molecule has 0 amide bonds. The Morgan fingerprint density at radius 1 is 1.08 bits per heavy atom.